The van der Waals surface area contributed by atoms with Crippen LogP contribution in [0.4, 0.5) is 4.39 Å². The van der Waals surface area contributed by atoms with E-state index in [0.717, 1.165) is 17.9 Å². The van der Waals surface area contributed by atoms with Crippen LogP contribution in [0.15, 0.2) is 29.3 Å². The number of halogens is 1. The quantitative estimate of drug-likeness (QED) is 0.749. The Morgan fingerprint density at radius 2 is 1.93 bits per heavy atom. The molecule has 5 rings (SSSR count). The Bertz CT molecular complexity index is 931. The maximum atomic E-state index is 13.1. The van der Waals surface area contributed by atoms with Crippen LogP contribution in [0.2, 0.25) is 0 Å². The minimum Gasteiger partial charge on any atom is -0.343 e. The summed E-state index contributed by atoms with van der Waals surface area (Å²) in [5, 5.41) is 0.677. The normalized spacial score (nSPS) is 37.0. The lowest BCUT2D eigenvalue weighted by Crippen LogP contribution is -2.47. The van der Waals surface area contributed by atoms with Crippen molar-refractivity contribution in [2.75, 3.05) is 11.5 Å². The lowest BCUT2D eigenvalue weighted by atomic mass is 9.93. The summed E-state index contributed by atoms with van der Waals surface area (Å²) >= 11 is 1.46. The van der Waals surface area contributed by atoms with Crippen molar-refractivity contribution >= 4 is 32.7 Å². The van der Waals surface area contributed by atoms with Crippen molar-refractivity contribution in [2.45, 2.75) is 49.4 Å². The van der Waals surface area contributed by atoms with Crippen molar-refractivity contribution in [1.82, 2.24) is 4.90 Å². The summed E-state index contributed by atoms with van der Waals surface area (Å²) in [7, 11) is -3.02. The van der Waals surface area contributed by atoms with Crippen molar-refractivity contribution < 1.29 is 17.6 Å². The fourth-order valence-corrected chi connectivity index (χ4v) is 9.44. The molecule has 0 radical (unpaired) electrons. The first-order chi connectivity index (χ1) is 13.4. The van der Waals surface area contributed by atoms with E-state index in [2.05, 4.69) is 9.89 Å². The van der Waals surface area contributed by atoms with Crippen molar-refractivity contribution in [3.05, 3.63) is 35.6 Å². The predicted octanol–water partition coefficient (Wildman–Crippen LogP) is 2.65. The molecule has 1 aromatic carbocycles. The number of carbonyl (C=O) groups is 1. The number of amides is 1. The molecule has 2 saturated heterocycles. The van der Waals surface area contributed by atoms with Gasteiger partial charge in [0.25, 0.3) is 5.91 Å². The first-order valence-electron chi connectivity index (χ1n) is 9.89. The van der Waals surface area contributed by atoms with E-state index in [1.807, 2.05) is 0 Å². The van der Waals surface area contributed by atoms with Gasteiger partial charge in [-0.05, 0) is 48.8 Å². The molecular formula is C20H23FN2O3S2. The van der Waals surface area contributed by atoms with Gasteiger partial charge < -0.3 is 4.90 Å². The van der Waals surface area contributed by atoms with Crippen molar-refractivity contribution in [3.63, 3.8) is 0 Å². The summed E-state index contributed by atoms with van der Waals surface area (Å²) in [6.07, 6.45) is 4.89. The van der Waals surface area contributed by atoms with Gasteiger partial charge in [0.1, 0.15) is 5.82 Å². The smallest absolute Gasteiger partial charge is 0.252 e. The van der Waals surface area contributed by atoms with E-state index in [1.165, 1.54) is 43.2 Å². The molecule has 2 heterocycles. The Hall–Kier alpha value is -1.41. The second-order valence-electron chi connectivity index (χ2n) is 8.54. The first kappa shape index (κ1) is 18.6. The van der Waals surface area contributed by atoms with E-state index in [4.69, 9.17) is 0 Å². The van der Waals surface area contributed by atoms with Gasteiger partial charge in [0.05, 0.1) is 24.0 Å². The Labute approximate surface area is 168 Å². The summed E-state index contributed by atoms with van der Waals surface area (Å²) in [6.45, 7) is 0. The van der Waals surface area contributed by atoms with Gasteiger partial charge in [-0.3, -0.25) is 4.79 Å². The van der Waals surface area contributed by atoms with Crippen LogP contribution < -0.4 is 0 Å². The maximum Gasteiger partial charge on any atom is 0.252 e. The first-order valence-corrected chi connectivity index (χ1v) is 12.6. The number of amidine groups is 1. The Morgan fingerprint density at radius 3 is 2.61 bits per heavy atom. The van der Waals surface area contributed by atoms with Crippen molar-refractivity contribution in [2.24, 2.45) is 16.8 Å². The molecule has 1 aromatic rings. The fourth-order valence-electron chi connectivity index (χ4n) is 5.45. The number of thioether (sulfide) groups is 1. The molecule has 0 spiro atoms. The SMILES string of the molecule is O=C(Cc1ccc(F)cc1)N=C1S[C@@H]2CS(=O)(=O)C[C@@H]2N1[C@@H]1C[C@H]2CC[C@H]1C2. The zero-order chi connectivity index (χ0) is 19.5. The summed E-state index contributed by atoms with van der Waals surface area (Å²) in [4.78, 5) is 19.2. The van der Waals surface area contributed by atoms with Gasteiger partial charge >= 0.3 is 0 Å². The van der Waals surface area contributed by atoms with Crippen LogP contribution in [-0.2, 0) is 21.1 Å². The van der Waals surface area contributed by atoms with Gasteiger partial charge in [-0.15, -0.1) is 0 Å². The van der Waals surface area contributed by atoms with E-state index in [0.29, 0.717) is 17.1 Å². The highest BCUT2D eigenvalue weighted by molar-refractivity contribution is 8.15. The Balaban J connectivity index is 1.40. The highest BCUT2D eigenvalue weighted by Gasteiger charge is 2.54. The molecule has 2 bridgehead atoms. The number of sulfone groups is 1. The fraction of sp³-hybridized carbons (Fsp3) is 0.600. The molecule has 5 atom stereocenters. The molecule has 8 heteroatoms. The van der Waals surface area contributed by atoms with Crippen LogP contribution in [0.25, 0.3) is 0 Å². The second-order valence-corrected chi connectivity index (χ2v) is 11.9. The molecule has 5 nitrogen and oxygen atoms in total. The zero-order valence-corrected chi connectivity index (χ0v) is 17.1. The van der Waals surface area contributed by atoms with Gasteiger partial charge in [0.15, 0.2) is 15.0 Å². The third-order valence-electron chi connectivity index (χ3n) is 6.65. The van der Waals surface area contributed by atoms with Crippen molar-refractivity contribution in [3.8, 4) is 0 Å². The number of benzene rings is 1. The number of nitrogens with zero attached hydrogens (tertiary/aromatic N) is 2. The standard InChI is InChI=1S/C20H23FN2O3S2/c21-15-5-2-12(3-6-15)9-19(24)22-20-23(16-8-13-1-4-14(16)7-13)17-10-28(25,26)11-18(17)27-20/h2-3,5-6,13-14,16-18H,1,4,7-11H2/t13-,14-,16+,17-,18+/m0/s1. The average Bonchev–Trinajstić information content (AvgIpc) is 3.36. The number of hydrogen-bond donors (Lipinski definition) is 0. The third-order valence-corrected chi connectivity index (χ3v) is 9.88. The minimum atomic E-state index is -3.02. The minimum absolute atomic E-state index is 0.0264. The van der Waals surface area contributed by atoms with Gasteiger partial charge in [0.2, 0.25) is 0 Å². The van der Waals surface area contributed by atoms with Gasteiger partial charge in [-0.2, -0.15) is 4.99 Å². The lowest BCUT2D eigenvalue weighted by molar-refractivity contribution is -0.117. The summed E-state index contributed by atoms with van der Waals surface area (Å²) in [6, 6.07) is 6.14. The van der Waals surface area contributed by atoms with E-state index >= 15 is 0 Å². The average molecular weight is 423 g/mol. The van der Waals surface area contributed by atoms with Crippen LogP contribution in [0.3, 0.4) is 0 Å². The molecular weight excluding hydrogens is 399 g/mol. The number of rotatable bonds is 3. The molecule has 0 N–H and O–H groups in total. The van der Waals surface area contributed by atoms with E-state index in [-0.39, 0.29) is 40.9 Å². The molecule has 0 unspecified atom stereocenters. The molecule has 0 aromatic heterocycles. The molecule has 4 aliphatic rings. The summed E-state index contributed by atoms with van der Waals surface area (Å²) < 4.78 is 37.4. The van der Waals surface area contributed by atoms with Gasteiger partial charge in [0, 0.05) is 11.3 Å². The molecule has 4 fully saturated rings. The van der Waals surface area contributed by atoms with Crippen LogP contribution in [0, 0.1) is 17.7 Å². The maximum absolute atomic E-state index is 13.1. The monoisotopic (exact) mass is 422 g/mol. The molecule has 150 valence electrons. The van der Waals surface area contributed by atoms with Crippen LogP contribution in [0.5, 0.6) is 0 Å². The highest BCUT2D eigenvalue weighted by Crippen LogP contribution is 2.51. The number of aliphatic imine (C=N–C) groups is 1. The second kappa shape index (κ2) is 6.83. The molecule has 2 aliphatic carbocycles. The van der Waals surface area contributed by atoms with E-state index in [1.54, 1.807) is 12.1 Å². The molecule has 1 amide bonds. The van der Waals surface area contributed by atoms with E-state index in [9.17, 15) is 17.6 Å². The lowest BCUT2D eigenvalue weighted by Gasteiger charge is -2.36. The highest BCUT2D eigenvalue weighted by atomic mass is 32.2. The topological polar surface area (TPSA) is 66.8 Å². The van der Waals surface area contributed by atoms with Crippen LogP contribution >= 0.6 is 11.8 Å². The van der Waals surface area contributed by atoms with Gasteiger partial charge in [-0.1, -0.05) is 30.3 Å². The van der Waals surface area contributed by atoms with Crippen molar-refractivity contribution in [1.29, 1.82) is 0 Å². The number of hydrogen-bond acceptors (Lipinski definition) is 4. The number of carbonyl (C=O) groups excluding carboxylic acids is 1. The molecule has 2 aliphatic heterocycles. The van der Waals surface area contributed by atoms with E-state index < -0.39 is 9.84 Å². The van der Waals surface area contributed by atoms with Gasteiger partial charge in [-0.25, -0.2) is 12.8 Å². The largest absolute Gasteiger partial charge is 0.343 e. The molecule has 28 heavy (non-hydrogen) atoms. The molecule has 2 saturated carbocycles. The summed E-state index contributed by atoms with van der Waals surface area (Å²) in [5.41, 5.74) is 0.730. The Kier molecular flexibility index (Phi) is 4.54. The zero-order valence-electron chi connectivity index (χ0n) is 15.5. The van der Waals surface area contributed by atoms with Crippen LogP contribution in [-0.4, -0.2) is 53.2 Å². The number of fused-ring (bicyclic) bond motifs is 3. The predicted molar refractivity (Wildman–Crippen MR) is 107 cm³/mol. The summed E-state index contributed by atoms with van der Waals surface area (Å²) in [5.74, 6) is 1.07. The third kappa shape index (κ3) is 3.38. The van der Waals surface area contributed by atoms with Crippen LogP contribution in [0.1, 0.15) is 31.2 Å². The Morgan fingerprint density at radius 1 is 1.14 bits per heavy atom.